The van der Waals surface area contributed by atoms with Gasteiger partial charge in [-0.05, 0) is 34.0 Å². The molecule has 2 aromatic rings. The number of nitrogens with zero attached hydrogens (tertiary/aromatic N) is 2. The van der Waals surface area contributed by atoms with Crippen LogP contribution in [0.25, 0.3) is 0 Å². The average molecular weight is 341 g/mol. The highest BCUT2D eigenvalue weighted by Crippen LogP contribution is 2.27. The van der Waals surface area contributed by atoms with Gasteiger partial charge < -0.3 is 4.90 Å². The molecular weight excluding hydrogens is 328 g/mol. The molecule has 0 spiro atoms. The van der Waals surface area contributed by atoms with Gasteiger partial charge >= 0.3 is 0 Å². The normalized spacial score (nSPS) is 10.4. The second-order valence-electron chi connectivity index (χ2n) is 4.19. The minimum atomic E-state index is -0.366. The number of alkyl halides is 1. The van der Waals surface area contributed by atoms with E-state index in [0.29, 0.717) is 5.33 Å². The number of non-ortho nitro benzene ring substituents is 1. The zero-order valence-electron chi connectivity index (χ0n) is 10.4. The second-order valence-corrected chi connectivity index (χ2v) is 5.53. The highest BCUT2D eigenvalue weighted by atomic mass is 79.9. The summed E-state index contributed by atoms with van der Waals surface area (Å²) < 4.78 is 0. The maximum absolute atomic E-state index is 10.8. The summed E-state index contributed by atoms with van der Waals surface area (Å²) in [4.78, 5) is 12.5. The van der Waals surface area contributed by atoms with Crippen LogP contribution in [0.3, 0.4) is 0 Å². The maximum atomic E-state index is 10.8. The van der Waals surface area contributed by atoms with E-state index in [4.69, 9.17) is 0 Å². The van der Waals surface area contributed by atoms with E-state index in [-0.39, 0.29) is 10.6 Å². The maximum Gasteiger partial charge on any atom is 0.269 e. The van der Waals surface area contributed by atoms with Gasteiger partial charge in [-0.25, -0.2) is 0 Å². The Balaban J connectivity index is 2.25. The van der Waals surface area contributed by atoms with E-state index < -0.39 is 0 Å². The zero-order chi connectivity index (χ0) is 13.8. The smallest absolute Gasteiger partial charge is 0.269 e. The largest absolute Gasteiger partial charge is 0.370 e. The summed E-state index contributed by atoms with van der Waals surface area (Å²) in [6.07, 6.45) is 0. The van der Waals surface area contributed by atoms with Gasteiger partial charge in [0.1, 0.15) is 0 Å². The quantitative estimate of drug-likeness (QED) is 0.465. The number of nitro groups is 1. The molecule has 19 heavy (non-hydrogen) atoms. The summed E-state index contributed by atoms with van der Waals surface area (Å²) in [6, 6.07) is 7.06. The third-order valence-corrected chi connectivity index (χ3v) is 4.17. The lowest BCUT2D eigenvalue weighted by Crippen LogP contribution is -2.17. The van der Waals surface area contributed by atoms with Gasteiger partial charge in [0, 0.05) is 36.7 Å². The molecule has 4 nitrogen and oxygen atoms in total. The number of rotatable bonds is 5. The van der Waals surface area contributed by atoms with Gasteiger partial charge in [0.25, 0.3) is 5.69 Å². The molecule has 0 atom stereocenters. The molecule has 100 valence electrons. The van der Waals surface area contributed by atoms with Crippen molar-refractivity contribution < 1.29 is 4.92 Å². The van der Waals surface area contributed by atoms with E-state index in [9.17, 15) is 10.1 Å². The fourth-order valence-electron chi connectivity index (χ4n) is 1.91. The summed E-state index contributed by atoms with van der Waals surface area (Å²) in [5.41, 5.74) is 3.30. The van der Waals surface area contributed by atoms with Crippen LogP contribution in [0.2, 0.25) is 0 Å². The molecule has 0 saturated carbocycles. The van der Waals surface area contributed by atoms with Crippen LogP contribution in [0.4, 0.5) is 11.4 Å². The first-order valence-corrected chi connectivity index (χ1v) is 7.73. The number of anilines is 1. The predicted octanol–water partition coefficient (Wildman–Crippen LogP) is 4.19. The fraction of sp³-hybridized carbons (Fsp3) is 0.231. The standard InChI is InChI=1S/C13H13BrN2O2S/c1-15(8-10-4-5-19-9-10)13-3-2-12(16(17)18)6-11(13)7-14/h2-6,9H,7-8H2,1H3. The lowest BCUT2D eigenvalue weighted by molar-refractivity contribution is -0.384. The van der Waals surface area contributed by atoms with E-state index in [1.807, 2.05) is 12.4 Å². The molecule has 0 aliphatic carbocycles. The highest BCUT2D eigenvalue weighted by Gasteiger charge is 2.13. The molecule has 0 saturated heterocycles. The number of thiophene rings is 1. The Morgan fingerprint density at radius 2 is 2.21 bits per heavy atom. The van der Waals surface area contributed by atoms with Gasteiger partial charge in [0.2, 0.25) is 0 Å². The Bertz CT molecular complexity index is 572. The van der Waals surface area contributed by atoms with Crippen molar-refractivity contribution in [2.75, 3.05) is 11.9 Å². The van der Waals surface area contributed by atoms with Crippen molar-refractivity contribution >= 4 is 38.6 Å². The van der Waals surface area contributed by atoms with Crippen LogP contribution in [0, 0.1) is 10.1 Å². The van der Waals surface area contributed by atoms with Crippen molar-refractivity contribution in [2.24, 2.45) is 0 Å². The highest BCUT2D eigenvalue weighted by molar-refractivity contribution is 9.08. The minimum Gasteiger partial charge on any atom is -0.370 e. The molecule has 0 unspecified atom stereocenters. The van der Waals surface area contributed by atoms with Gasteiger partial charge in [-0.1, -0.05) is 15.9 Å². The van der Waals surface area contributed by atoms with Crippen LogP contribution in [-0.4, -0.2) is 12.0 Å². The van der Waals surface area contributed by atoms with Crippen molar-refractivity contribution in [3.63, 3.8) is 0 Å². The lowest BCUT2D eigenvalue weighted by Gasteiger charge is -2.21. The molecule has 0 bridgehead atoms. The predicted molar refractivity (Wildman–Crippen MR) is 82.2 cm³/mol. The topological polar surface area (TPSA) is 46.4 Å². The molecule has 2 rings (SSSR count). The molecule has 1 aromatic heterocycles. The molecule has 0 radical (unpaired) electrons. The molecule has 1 aromatic carbocycles. The van der Waals surface area contributed by atoms with E-state index in [1.54, 1.807) is 29.5 Å². The first-order valence-electron chi connectivity index (χ1n) is 5.67. The first kappa shape index (κ1) is 14.0. The van der Waals surface area contributed by atoms with Crippen molar-refractivity contribution in [1.29, 1.82) is 0 Å². The Kier molecular flexibility index (Phi) is 4.55. The number of hydrogen-bond donors (Lipinski definition) is 0. The lowest BCUT2D eigenvalue weighted by atomic mass is 10.1. The van der Waals surface area contributed by atoms with Crippen LogP contribution >= 0.6 is 27.3 Å². The monoisotopic (exact) mass is 340 g/mol. The van der Waals surface area contributed by atoms with E-state index in [2.05, 4.69) is 32.3 Å². The van der Waals surface area contributed by atoms with E-state index in [0.717, 1.165) is 17.8 Å². The number of nitro benzene ring substituents is 1. The fourth-order valence-corrected chi connectivity index (χ4v) is 3.02. The summed E-state index contributed by atoms with van der Waals surface area (Å²) >= 11 is 5.06. The number of hydrogen-bond acceptors (Lipinski definition) is 4. The summed E-state index contributed by atoms with van der Waals surface area (Å²) in [5.74, 6) is 0. The Morgan fingerprint density at radius 1 is 1.42 bits per heavy atom. The van der Waals surface area contributed by atoms with Crippen molar-refractivity contribution in [2.45, 2.75) is 11.9 Å². The van der Waals surface area contributed by atoms with Crippen molar-refractivity contribution in [1.82, 2.24) is 0 Å². The molecule has 6 heteroatoms. The van der Waals surface area contributed by atoms with Gasteiger partial charge in [-0.15, -0.1) is 0 Å². The summed E-state index contributed by atoms with van der Waals surface area (Å²) in [7, 11) is 1.99. The van der Waals surface area contributed by atoms with Crippen LogP contribution in [0.5, 0.6) is 0 Å². The summed E-state index contributed by atoms with van der Waals surface area (Å²) in [6.45, 7) is 0.793. The van der Waals surface area contributed by atoms with Gasteiger partial charge in [0.15, 0.2) is 0 Å². The van der Waals surface area contributed by atoms with Crippen LogP contribution < -0.4 is 4.90 Å². The van der Waals surface area contributed by atoms with Crippen LogP contribution in [0.1, 0.15) is 11.1 Å². The van der Waals surface area contributed by atoms with Gasteiger partial charge in [-0.3, -0.25) is 10.1 Å². The summed E-state index contributed by atoms with van der Waals surface area (Å²) in [5, 5.41) is 15.5. The molecule has 0 amide bonds. The van der Waals surface area contributed by atoms with Crippen molar-refractivity contribution in [3.05, 3.63) is 56.3 Å². The molecule has 1 heterocycles. The Hall–Kier alpha value is -1.40. The first-order chi connectivity index (χ1) is 9.11. The van der Waals surface area contributed by atoms with E-state index >= 15 is 0 Å². The molecule has 0 fully saturated rings. The number of halogens is 1. The zero-order valence-corrected chi connectivity index (χ0v) is 12.8. The molecule has 0 aliphatic heterocycles. The minimum absolute atomic E-state index is 0.127. The third-order valence-electron chi connectivity index (χ3n) is 2.83. The van der Waals surface area contributed by atoms with Gasteiger partial charge in [0.05, 0.1) is 4.92 Å². The third kappa shape index (κ3) is 3.33. The Labute approximate surface area is 124 Å². The van der Waals surface area contributed by atoms with Crippen molar-refractivity contribution in [3.8, 4) is 0 Å². The molecule has 0 aliphatic rings. The van der Waals surface area contributed by atoms with Gasteiger partial charge in [-0.2, -0.15) is 11.3 Å². The van der Waals surface area contributed by atoms with Crippen LogP contribution in [0.15, 0.2) is 35.0 Å². The van der Waals surface area contributed by atoms with E-state index in [1.165, 1.54) is 5.56 Å². The average Bonchev–Trinajstić information content (AvgIpc) is 2.90. The molecule has 0 N–H and O–H groups in total. The second kappa shape index (κ2) is 6.16. The molecular formula is C13H13BrN2O2S. The Morgan fingerprint density at radius 3 is 2.79 bits per heavy atom. The van der Waals surface area contributed by atoms with Crippen LogP contribution in [-0.2, 0) is 11.9 Å². The SMILES string of the molecule is CN(Cc1ccsc1)c1ccc([N+](=O)[O-])cc1CBr. The number of benzene rings is 1.